The van der Waals surface area contributed by atoms with Gasteiger partial charge >= 0.3 is 0 Å². The monoisotopic (exact) mass is 387 g/mol. The summed E-state index contributed by atoms with van der Waals surface area (Å²) in [7, 11) is 0. The normalized spacial score (nSPS) is 10.8. The lowest BCUT2D eigenvalue weighted by atomic mass is 10.1. The van der Waals surface area contributed by atoms with E-state index in [2.05, 4.69) is 119 Å². The fraction of sp³-hybridized carbons (Fsp3) is 0.0435. The average Bonchev–Trinajstić information content (AvgIpc) is 2.65. The molecule has 0 heterocycles. The molecule has 0 saturated carbocycles. The van der Waals surface area contributed by atoms with Crippen LogP contribution in [0.4, 0.5) is 17.1 Å². The molecule has 1 nitrogen and oxygen atoms in total. The van der Waals surface area contributed by atoms with Crippen molar-refractivity contribution in [2.75, 3.05) is 4.90 Å². The van der Waals surface area contributed by atoms with Crippen LogP contribution in [-0.4, -0.2) is 0 Å². The number of anilines is 3. The summed E-state index contributed by atoms with van der Waals surface area (Å²) in [5.74, 6) is 0. The van der Waals surface area contributed by atoms with E-state index in [0.29, 0.717) is 0 Å². The van der Waals surface area contributed by atoms with Crippen molar-refractivity contribution >= 4 is 43.8 Å². The number of hydrogen-bond donors (Lipinski definition) is 0. The summed E-state index contributed by atoms with van der Waals surface area (Å²) in [6.07, 6.45) is 0. The molecular formula is C23H18BrN. The lowest BCUT2D eigenvalue weighted by Crippen LogP contribution is -2.10. The molecule has 0 aliphatic carbocycles. The van der Waals surface area contributed by atoms with Gasteiger partial charge in [-0.25, -0.2) is 0 Å². The van der Waals surface area contributed by atoms with E-state index in [1.54, 1.807) is 0 Å². The van der Waals surface area contributed by atoms with E-state index < -0.39 is 0 Å². The van der Waals surface area contributed by atoms with E-state index in [0.717, 1.165) is 10.2 Å². The highest BCUT2D eigenvalue weighted by molar-refractivity contribution is 9.10. The minimum Gasteiger partial charge on any atom is -0.310 e. The molecule has 4 aromatic carbocycles. The van der Waals surface area contributed by atoms with Crippen LogP contribution >= 0.6 is 15.9 Å². The zero-order valence-electron chi connectivity index (χ0n) is 14.0. The molecule has 0 amide bonds. The first-order chi connectivity index (χ1) is 12.2. The molecule has 2 heteroatoms. The predicted molar refractivity (Wildman–Crippen MR) is 111 cm³/mol. The first-order valence-electron chi connectivity index (χ1n) is 8.33. The summed E-state index contributed by atoms with van der Waals surface area (Å²) >= 11 is 3.69. The Kier molecular flexibility index (Phi) is 4.29. The summed E-state index contributed by atoms with van der Waals surface area (Å²) < 4.78 is 1.11. The fourth-order valence-electron chi connectivity index (χ4n) is 3.21. The highest BCUT2D eigenvalue weighted by Gasteiger charge is 2.15. The summed E-state index contributed by atoms with van der Waals surface area (Å²) in [6.45, 7) is 2.13. The Morgan fingerprint density at radius 1 is 0.640 bits per heavy atom. The molecule has 0 aliphatic rings. The highest BCUT2D eigenvalue weighted by Crippen LogP contribution is 2.40. The van der Waals surface area contributed by atoms with Gasteiger partial charge in [0.1, 0.15) is 0 Å². The maximum absolute atomic E-state index is 3.69. The van der Waals surface area contributed by atoms with E-state index in [4.69, 9.17) is 0 Å². The van der Waals surface area contributed by atoms with Gasteiger partial charge in [0.05, 0.1) is 5.69 Å². The molecular weight excluding hydrogens is 370 g/mol. The first-order valence-corrected chi connectivity index (χ1v) is 9.12. The molecule has 0 bridgehead atoms. The molecule has 4 rings (SSSR count). The summed E-state index contributed by atoms with van der Waals surface area (Å²) in [4.78, 5) is 2.32. The van der Waals surface area contributed by atoms with Crippen molar-refractivity contribution in [1.82, 2.24) is 0 Å². The van der Waals surface area contributed by atoms with Crippen molar-refractivity contribution in [3.63, 3.8) is 0 Å². The van der Waals surface area contributed by atoms with Gasteiger partial charge in [-0.15, -0.1) is 0 Å². The zero-order chi connectivity index (χ0) is 17.2. The predicted octanol–water partition coefficient (Wildman–Crippen LogP) is 7.38. The molecule has 0 aliphatic heterocycles. The Morgan fingerprint density at radius 2 is 1.32 bits per heavy atom. The SMILES string of the molecule is Cc1cccc(N(c2ccccc2)c2ccc(Br)c3ccccc23)c1. The van der Waals surface area contributed by atoms with Crippen molar-refractivity contribution < 1.29 is 0 Å². The topological polar surface area (TPSA) is 3.24 Å². The van der Waals surface area contributed by atoms with Crippen LogP contribution in [0.15, 0.2) is 95.5 Å². The van der Waals surface area contributed by atoms with Gasteiger partial charge in [0.25, 0.3) is 0 Å². The van der Waals surface area contributed by atoms with E-state index in [-0.39, 0.29) is 0 Å². The third-order valence-electron chi connectivity index (χ3n) is 4.36. The molecule has 0 N–H and O–H groups in total. The van der Waals surface area contributed by atoms with Gasteiger partial charge in [-0.05, 0) is 54.3 Å². The Balaban J connectivity index is 2.01. The van der Waals surface area contributed by atoms with Gasteiger partial charge in [-0.2, -0.15) is 0 Å². The molecule has 0 spiro atoms. The lowest BCUT2D eigenvalue weighted by molar-refractivity contribution is 1.28. The van der Waals surface area contributed by atoms with Crippen LogP contribution in [0.1, 0.15) is 5.56 Å². The maximum atomic E-state index is 3.69. The minimum absolute atomic E-state index is 1.11. The fourth-order valence-corrected chi connectivity index (χ4v) is 3.69. The number of fused-ring (bicyclic) bond motifs is 1. The smallest absolute Gasteiger partial charge is 0.0540 e. The third-order valence-corrected chi connectivity index (χ3v) is 5.05. The first kappa shape index (κ1) is 15.9. The second kappa shape index (κ2) is 6.73. The minimum atomic E-state index is 1.11. The van der Waals surface area contributed by atoms with Crippen LogP contribution < -0.4 is 4.90 Å². The Hall–Kier alpha value is -2.58. The number of aryl methyl sites for hydroxylation is 1. The molecule has 25 heavy (non-hydrogen) atoms. The van der Waals surface area contributed by atoms with E-state index in [1.165, 1.54) is 27.7 Å². The van der Waals surface area contributed by atoms with E-state index >= 15 is 0 Å². The largest absolute Gasteiger partial charge is 0.310 e. The summed E-state index contributed by atoms with van der Waals surface area (Å²) in [6, 6.07) is 32.0. The van der Waals surface area contributed by atoms with Crippen molar-refractivity contribution in [2.45, 2.75) is 6.92 Å². The molecule has 0 atom stereocenters. The molecule has 0 aromatic heterocycles. The number of hydrogen-bond acceptors (Lipinski definition) is 1. The second-order valence-electron chi connectivity index (χ2n) is 6.12. The maximum Gasteiger partial charge on any atom is 0.0540 e. The standard InChI is InChI=1S/C23H18BrN/c1-17-8-7-11-19(16-17)25(18-9-3-2-4-10-18)23-15-14-22(24)20-12-5-6-13-21(20)23/h2-16H,1H3. The van der Waals surface area contributed by atoms with Crippen LogP contribution in [-0.2, 0) is 0 Å². The Bertz CT molecular complexity index is 1020. The number of benzene rings is 4. The molecule has 122 valence electrons. The van der Waals surface area contributed by atoms with Gasteiger partial charge in [0, 0.05) is 21.2 Å². The van der Waals surface area contributed by atoms with E-state index in [9.17, 15) is 0 Å². The molecule has 0 radical (unpaired) electrons. The number of rotatable bonds is 3. The van der Waals surface area contributed by atoms with Crippen molar-refractivity contribution in [3.8, 4) is 0 Å². The number of halogens is 1. The molecule has 0 saturated heterocycles. The van der Waals surface area contributed by atoms with Crippen LogP contribution in [0.3, 0.4) is 0 Å². The van der Waals surface area contributed by atoms with Crippen LogP contribution in [0, 0.1) is 6.92 Å². The van der Waals surface area contributed by atoms with Gasteiger partial charge in [-0.1, -0.05) is 70.5 Å². The molecule has 0 unspecified atom stereocenters. The van der Waals surface area contributed by atoms with E-state index in [1.807, 2.05) is 0 Å². The highest BCUT2D eigenvalue weighted by atomic mass is 79.9. The van der Waals surface area contributed by atoms with Gasteiger partial charge in [0.15, 0.2) is 0 Å². The Morgan fingerprint density at radius 3 is 2.08 bits per heavy atom. The van der Waals surface area contributed by atoms with Crippen LogP contribution in [0.25, 0.3) is 10.8 Å². The molecule has 0 fully saturated rings. The lowest BCUT2D eigenvalue weighted by Gasteiger charge is -2.27. The number of para-hydroxylation sites is 1. The van der Waals surface area contributed by atoms with Gasteiger partial charge in [-0.3, -0.25) is 0 Å². The van der Waals surface area contributed by atoms with Crippen molar-refractivity contribution in [2.24, 2.45) is 0 Å². The third kappa shape index (κ3) is 3.06. The Labute approximate surface area is 156 Å². The van der Waals surface area contributed by atoms with Crippen LogP contribution in [0.5, 0.6) is 0 Å². The quantitative estimate of drug-likeness (QED) is 0.354. The zero-order valence-corrected chi connectivity index (χ0v) is 15.6. The molecule has 4 aromatic rings. The van der Waals surface area contributed by atoms with Crippen LogP contribution in [0.2, 0.25) is 0 Å². The summed E-state index contributed by atoms with van der Waals surface area (Å²) in [5, 5.41) is 2.44. The van der Waals surface area contributed by atoms with Crippen molar-refractivity contribution in [3.05, 3.63) is 101 Å². The van der Waals surface area contributed by atoms with Gasteiger partial charge in [0.2, 0.25) is 0 Å². The number of nitrogens with zero attached hydrogens (tertiary/aromatic N) is 1. The average molecular weight is 388 g/mol. The van der Waals surface area contributed by atoms with Gasteiger partial charge < -0.3 is 4.90 Å². The van der Waals surface area contributed by atoms with Crippen molar-refractivity contribution in [1.29, 1.82) is 0 Å². The summed E-state index contributed by atoms with van der Waals surface area (Å²) in [5.41, 5.74) is 4.75. The second-order valence-corrected chi connectivity index (χ2v) is 6.98.